The Balaban J connectivity index is 2.57. The summed E-state index contributed by atoms with van der Waals surface area (Å²) < 4.78 is 0. The Morgan fingerprint density at radius 1 is 1.17 bits per heavy atom. The third-order valence-corrected chi connectivity index (χ3v) is 1.39. The fourth-order valence-electron chi connectivity index (χ4n) is 0.853. The van der Waals surface area contributed by atoms with Crippen LogP contribution in [-0.4, -0.2) is 23.9 Å². The van der Waals surface area contributed by atoms with Gasteiger partial charge in [-0.1, -0.05) is 0 Å². The van der Waals surface area contributed by atoms with Gasteiger partial charge in [-0.2, -0.15) is 10.1 Å². The summed E-state index contributed by atoms with van der Waals surface area (Å²) in [5.74, 6) is -1.11. The minimum Gasteiger partial charge on any atom is -0.267 e. The van der Waals surface area contributed by atoms with Crippen LogP contribution in [0.5, 0.6) is 0 Å². The number of carbonyl (C=O) groups is 2. The molecule has 0 radical (unpaired) electrons. The van der Waals surface area contributed by atoms with Gasteiger partial charge in [0.05, 0.1) is 11.8 Å². The quantitative estimate of drug-likeness (QED) is 0.497. The first kappa shape index (κ1) is 6.71. The number of amides is 2. The van der Waals surface area contributed by atoms with E-state index in [1.807, 2.05) is 0 Å². The minimum atomic E-state index is -0.605. The molecule has 2 amide bonds. The van der Waals surface area contributed by atoms with Crippen LogP contribution in [0, 0.1) is 0 Å². The molecule has 2 aliphatic heterocycles. The maximum Gasteiger partial charge on any atom is 0.314 e. The Kier molecular flexibility index (Phi) is 1.26. The van der Waals surface area contributed by atoms with Gasteiger partial charge in [0.25, 0.3) is 5.91 Å². The van der Waals surface area contributed by atoms with Gasteiger partial charge in [0.1, 0.15) is 12.1 Å². The fraction of sp³-hybridized carbons (Fsp3) is 0. The average Bonchev–Trinajstić information content (AvgIpc) is 2.07. The first-order valence-corrected chi connectivity index (χ1v) is 3.09. The van der Waals surface area contributed by atoms with Gasteiger partial charge < -0.3 is 0 Å². The molecule has 2 aliphatic rings. The SMILES string of the molecule is O=C1N=CN=C2C(=O)N=NC=C12. The van der Waals surface area contributed by atoms with Crippen molar-refractivity contribution in [3.63, 3.8) is 0 Å². The first-order valence-electron chi connectivity index (χ1n) is 3.09. The molecule has 0 aromatic carbocycles. The summed E-state index contributed by atoms with van der Waals surface area (Å²) in [6, 6.07) is 0. The average molecular weight is 162 g/mol. The van der Waals surface area contributed by atoms with Crippen molar-refractivity contribution in [3.05, 3.63) is 11.8 Å². The van der Waals surface area contributed by atoms with Gasteiger partial charge in [0.2, 0.25) is 0 Å². The predicted octanol–water partition coefficient (Wildman–Crippen LogP) is -0.128. The zero-order valence-corrected chi connectivity index (χ0v) is 5.76. The number of hydrogen-bond donors (Lipinski definition) is 0. The topological polar surface area (TPSA) is 83.6 Å². The predicted molar refractivity (Wildman–Crippen MR) is 38.9 cm³/mol. The van der Waals surface area contributed by atoms with E-state index in [0.717, 1.165) is 6.34 Å². The van der Waals surface area contributed by atoms with Gasteiger partial charge in [0.15, 0.2) is 0 Å². The monoisotopic (exact) mass is 162 g/mol. The van der Waals surface area contributed by atoms with E-state index >= 15 is 0 Å². The van der Waals surface area contributed by atoms with Crippen molar-refractivity contribution in [1.82, 2.24) is 0 Å². The number of aliphatic imine (C=N–C) groups is 2. The maximum absolute atomic E-state index is 11.0. The van der Waals surface area contributed by atoms with Crippen molar-refractivity contribution in [3.8, 4) is 0 Å². The molecule has 0 aromatic heterocycles. The Hall–Kier alpha value is -1.98. The molecule has 0 atom stereocenters. The Bertz CT molecular complexity index is 350. The normalized spacial score (nSPS) is 20.3. The molecule has 0 aromatic rings. The van der Waals surface area contributed by atoms with Crippen molar-refractivity contribution in [2.24, 2.45) is 20.2 Å². The van der Waals surface area contributed by atoms with Gasteiger partial charge in [-0.05, 0) is 0 Å². The molecule has 0 saturated heterocycles. The van der Waals surface area contributed by atoms with Crippen LogP contribution in [-0.2, 0) is 9.59 Å². The Morgan fingerprint density at radius 2 is 2.00 bits per heavy atom. The number of fused-ring (bicyclic) bond motifs is 1. The van der Waals surface area contributed by atoms with E-state index in [0.29, 0.717) is 0 Å². The summed E-state index contributed by atoms with van der Waals surface area (Å²) in [6.07, 6.45) is 2.22. The molecule has 2 rings (SSSR count). The molecule has 6 nitrogen and oxygen atoms in total. The van der Waals surface area contributed by atoms with Crippen LogP contribution < -0.4 is 0 Å². The van der Waals surface area contributed by atoms with Crippen molar-refractivity contribution >= 4 is 23.9 Å². The van der Waals surface area contributed by atoms with Crippen molar-refractivity contribution in [1.29, 1.82) is 0 Å². The van der Waals surface area contributed by atoms with E-state index in [9.17, 15) is 9.59 Å². The van der Waals surface area contributed by atoms with E-state index in [-0.39, 0.29) is 11.3 Å². The smallest absolute Gasteiger partial charge is 0.267 e. The van der Waals surface area contributed by atoms with Crippen LogP contribution in [0.1, 0.15) is 0 Å². The van der Waals surface area contributed by atoms with Crippen molar-refractivity contribution < 1.29 is 9.59 Å². The molecule has 58 valence electrons. The van der Waals surface area contributed by atoms with Gasteiger partial charge in [-0.3, -0.25) is 9.59 Å². The summed E-state index contributed by atoms with van der Waals surface area (Å²) in [4.78, 5) is 28.9. The highest BCUT2D eigenvalue weighted by molar-refractivity contribution is 6.53. The highest BCUT2D eigenvalue weighted by atomic mass is 16.2. The first-order chi connectivity index (χ1) is 5.79. The lowest BCUT2D eigenvalue weighted by Crippen LogP contribution is -2.24. The van der Waals surface area contributed by atoms with Gasteiger partial charge in [-0.15, -0.1) is 5.11 Å². The Morgan fingerprint density at radius 3 is 2.75 bits per heavy atom. The molecule has 6 heteroatoms. The summed E-state index contributed by atoms with van der Waals surface area (Å²) in [6.45, 7) is 0. The van der Waals surface area contributed by atoms with Crippen molar-refractivity contribution in [2.45, 2.75) is 0 Å². The number of hydrogen-bond acceptors (Lipinski definition) is 4. The largest absolute Gasteiger partial charge is 0.314 e. The Labute approximate surface area is 66.4 Å². The van der Waals surface area contributed by atoms with E-state index in [2.05, 4.69) is 20.2 Å². The third kappa shape index (κ3) is 0.815. The molecule has 2 heterocycles. The van der Waals surface area contributed by atoms with E-state index in [1.165, 1.54) is 6.20 Å². The molecule has 0 aliphatic carbocycles. The lowest BCUT2D eigenvalue weighted by Gasteiger charge is -2.07. The number of carbonyl (C=O) groups excluding carboxylic acids is 2. The molecular formula is C6H2N4O2. The lowest BCUT2D eigenvalue weighted by molar-refractivity contribution is -0.115. The minimum absolute atomic E-state index is 0.0185. The zero-order valence-electron chi connectivity index (χ0n) is 5.76. The van der Waals surface area contributed by atoms with E-state index in [4.69, 9.17) is 0 Å². The van der Waals surface area contributed by atoms with Crippen LogP contribution in [0.25, 0.3) is 0 Å². The number of nitrogens with zero attached hydrogens (tertiary/aromatic N) is 4. The second-order valence-electron chi connectivity index (χ2n) is 2.09. The van der Waals surface area contributed by atoms with Gasteiger partial charge in [0, 0.05) is 0 Å². The summed E-state index contributed by atoms with van der Waals surface area (Å²) >= 11 is 0. The summed E-state index contributed by atoms with van der Waals surface area (Å²) in [7, 11) is 0. The third-order valence-electron chi connectivity index (χ3n) is 1.39. The van der Waals surface area contributed by atoms with E-state index < -0.39 is 11.8 Å². The molecule has 0 N–H and O–H groups in total. The second kappa shape index (κ2) is 2.26. The molecule has 0 saturated carbocycles. The molecule has 0 bridgehead atoms. The van der Waals surface area contributed by atoms with Gasteiger partial charge in [-0.25, -0.2) is 4.99 Å². The van der Waals surface area contributed by atoms with E-state index in [1.54, 1.807) is 0 Å². The molecule has 0 fully saturated rings. The van der Waals surface area contributed by atoms with Crippen LogP contribution >= 0.6 is 0 Å². The fourth-order valence-corrected chi connectivity index (χ4v) is 0.853. The highest BCUT2D eigenvalue weighted by Crippen LogP contribution is 2.11. The zero-order chi connectivity index (χ0) is 8.55. The van der Waals surface area contributed by atoms with Crippen molar-refractivity contribution in [2.75, 3.05) is 0 Å². The summed E-state index contributed by atoms with van der Waals surface area (Å²) in [5.41, 5.74) is 0.127. The lowest BCUT2D eigenvalue weighted by atomic mass is 10.1. The standard InChI is InChI=1S/C6H2N4O2/c11-5-3-1-9-10-6(12)4(3)7-2-8-5/h1-2H. The van der Waals surface area contributed by atoms with Crippen LogP contribution in [0.4, 0.5) is 0 Å². The van der Waals surface area contributed by atoms with Crippen LogP contribution in [0.2, 0.25) is 0 Å². The molecule has 0 spiro atoms. The molecular weight excluding hydrogens is 160 g/mol. The van der Waals surface area contributed by atoms with Crippen LogP contribution in [0.3, 0.4) is 0 Å². The maximum atomic E-state index is 11.0. The molecule has 12 heavy (non-hydrogen) atoms. The molecule has 0 unspecified atom stereocenters. The van der Waals surface area contributed by atoms with Gasteiger partial charge >= 0.3 is 5.91 Å². The number of azo groups is 1. The number of rotatable bonds is 0. The van der Waals surface area contributed by atoms with Crippen LogP contribution in [0.15, 0.2) is 32.0 Å². The second-order valence-corrected chi connectivity index (χ2v) is 2.09. The highest BCUT2D eigenvalue weighted by Gasteiger charge is 2.26. The summed E-state index contributed by atoms with van der Waals surface area (Å²) in [5, 5.41) is 6.54.